The highest BCUT2D eigenvalue weighted by atomic mass is 28.3. The Morgan fingerprint density at radius 2 is 2.09 bits per heavy atom. The van der Waals surface area contributed by atoms with E-state index in [2.05, 4.69) is 31.2 Å². The number of hydrogen-bond donors (Lipinski definition) is 2. The first kappa shape index (κ1) is 21.7. The number of rotatable bonds is 9. The maximum atomic E-state index is 9.74. The van der Waals surface area contributed by atoms with Crippen LogP contribution in [0.15, 0.2) is 29.5 Å². The van der Waals surface area contributed by atoms with Gasteiger partial charge < -0.3 is 19.7 Å². The number of aliphatic hydroxyl groups excluding tert-OH is 1. The van der Waals surface area contributed by atoms with Gasteiger partial charge in [-0.15, -0.1) is 0 Å². The van der Waals surface area contributed by atoms with E-state index in [1.807, 2.05) is 6.20 Å². The van der Waals surface area contributed by atoms with Crippen LogP contribution in [0.1, 0.15) is 13.3 Å². The van der Waals surface area contributed by atoms with Gasteiger partial charge in [-0.05, 0) is 18.9 Å². The molecule has 0 fully saturated rings. The van der Waals surface area contributed by atoms with Gasteiger partial charge in [0.15, 0.2) is 6.34 Å². The number of ether oxygens (including phenoxy) is 1. The van der Waals surface area contributed by atoms with E-state index in [9.17, 15) is 15.0 Å². The van der Waals surface area contributed by atoms with Crippen molar-refractivity contribution in [3.63, 3.8) is 0 Å². The minimum Gasteiger partial charge on any atom is -0.545 e. The molecule has 0 bridgehead atoms. The molecule has 0 aromatic carbocycles. The molecule has 0 amide bonds. The second-order valence-electron chi connectivity index (χ2n) is 6.83. The van der Waals surface area contributed by atoms with Crippen molar-refractivity contribution < 1.29 is 24.6 Å². The van der Waals surface area contributed by atoms with Crippen molar-refractivity contribution in [3.05, 3.63) is 24.6 Å². The molecule has 0 saturated carbocycles. The van der Waals surface area contributed by atoms with Crippen molar-refractivity contribution in [3.8, 4) is 0 Å². The zero-order chi connectivity index (χ0) is 17.9. The van der Waals surface area contributed by atoms with Crippen LogP contribution >= 0.6 is 0 Å². The standard InChI is InChI=1S/C12H24N2O2Si.C4H6O2/c1-17(2,3)8-4-7-16-10-12(15)9-14-6-5-13-11-14;1-3(2)4(5)6/h5-6,11-12,15H,4,7-10H2,1-3H3;1H2,2H3,(H,5,6). The van der Waals surface area contributed by atoms with Gasteiger partial charge in [-0.25, -0.2) is 4.99 Å². The van der Waals surface area contributed by atoms with Gasteiger partial charge in [-0.1, -0.05) is 32.3 Å². The van der Waals surface area contributed by atoms with E-state index in [0.29, 0.717) is 13.2 Å². The average molecular weight is 343 g/mol. The Balaban J connectivity index is 0.000000688. The van der Waals surface area contributed by atoms with Crippen molar-refractivity contribution in [2.75, 3.05) is 19.8 Å². The third-order valence-electron chi connectivity index (χ3n) is 2.96. The van der Waals surface area contributed by atoms with Gasteiger partial charge in [0, 0.05) is 14.7 Å². The summed E-state index contributed by atoms with van der Waals surface area (Å²) in [5.41, 5.74) is 0.0648. The minimum atomic E-state index is -1.19. The fourth-order valence-corrected chi connectivity index (χ4v) is 2.90. The lowest BCUT2D eigenvalue weighted by atomic mass is 10.3. The topological polar surface area (TPSA) is 86.4 Å². The van der Waals surface area contributed by atoms with Crippen LogP contribution in [0.2, 0.25) is 25.7 Å². The number of aliphatic hydroxyl groups is 1. The second kappa shape index (κ2) is 11.3. The van der Waals surface area contributed by atoms with E-state index in [1.54, 1.807) is 12.5 Å². The average Bonchev–Trinajstić information content (AvgIpc) is 2.90. The van der Waals surface area contributed by atoms with Crippen LogP contribution in [-0.2, 0) is 9.53 Å². The van der Waals surface area contributed by atoms with E-state index in [0.717, 1.165) is 17.9 Å². The molecule has 1 rings (SSSR count). The number of aliphatic imine (C=N–C) groups is 1. The van der Waals surface area contributed by atoms with Crippen LogP contribution in [0.4, 0.5) is 0 Å². The number of hydrogen-bond acceptors (Lipinski definition) is 5. The maximum Gasteiger partial charge on any atom is 0.193 e. The third-order valence-corrected chi connectivity index (χ3v) is 4.81. The van der Waals surface area contributed by atoms with E-state index < -0.39 is 20.1 Å². The second-order valence-corrected chi connectivity index (χ2v) is 12.5. The predicted octanol–water partition coefficient (Wildman–Crippen LogP) is -0.197. The number of quaternary nitrogens is 1. The largest absolute Gasteiger partial charge is 0.545 e. The molecule has 6 nitrogen and oxygen atoms in total. The highest BCUT2D eigenvalue weighted by Crippen LogP contribution is 2.10. The monoisotopic (exact) mass is 342 g/mol. The molecule has 23 heavy (non-hydrogen) atoms. The van der Waals surface area contributed by atoms with Gasteiger partial charge in [0.25, 0.3) is 0 Å². The number of carbonyl (C=O) groups excluding carboxylic acids is 1. The quantitative estimate of drug-likeness (QED) is 0.345. The summed E-state index contributed by atoms with van der Waals surface area (Å²) in [6.07, 6.45) is 6.16. The van der Waals surface area contributed by atoms with Crippen molar-refractivity contribution in [2.24, 2.45) is 4.99 Å². The first-order chi connectivity index (χ1) is 10.6. The predicted molar refractivity (Wildman–Crippen MR) is 92.9 cm³/mol. The van der Waals surface area contributed by atoms with Crippen LogP contribution in [0.25, 0.3) is 0 Å². The summed E-state index contributed by atoms with van der Waals surface area (Å²) in [6, 6.07) is 1.29. The molecule has 0 saturated heterocycles. The lowest BCUT2D eigenvalue weighted by Crippen LogP contribution is -3.07. The molecule has 0 aliphatic carbocycles. The minimum absolute atomic E-state index is 0.0648. The van der Waals surface area contributed by atoms with Gasteiger partial charge in [-0.3, -0.25) is 4.90 Å². The molecule has 2 N–H and O–H groups in total. The summed E-state index contributed by atoms with van der Waals surface area (Å²) in [7, 11) is -0.937. The molecule has 1 aliphatic rings. The molecule has 0 radical (unpaired) electrons. The van der Waals surface area contributed by atoms with Crippen molar-refractivity contribution in [2.45, 2.75) is 45.1 Å². The fourth-order valence-electron chi connectivity index (χ4n) is 1.70. The van der Waals surface area contributed by atoms with E-state index in [4.69, 9.17) is 4.74 Å². The summed E-state index contributed by atoms with van der Waals surface area (Å²) >= 11 is 0. The normalized spacial score (nSPS) is 17.5. The molecule has 0 aromatic rings. The number of nitrogens with zero attached hydrogens (tertiary/aromatic N) is 1. The molecule has 1 aliphatic heterocycles. The molecule has 0 aromatic heterocycles. The zero-order valence-electron chi connectivity index (χ0n) is 14.7. The molecular weight excluding hydrogens is 312 g/mol. The number of nitrogens with one attached hydrogen (secondary N) is 1. The number of aliphatic carboxylic acids is 1. The summed E-state index contributed by atoms with van der Waals surface area (Å²) in [5.74, 6) is -1.19. The Bertz CT molecular complexity index is 406. The zero-order valence-corrected chi connectivity index (χ0v) is 15.7. The van der Waals surface area contributed by atoms with E-state index in [1.165, 1.54) is 13.0 Å². The van der Waals surface area contributed by atoms with Crippen LogP contribution in [0.3, 0.4) is 0 Å². The summed E-state index contributed by atoms with van der Waals surface area (Å²) < 4.78 is 5.49. The number of carboxylic acids is 1. The number of carbonyl (C=O) groups is 1. The van der Waals surface area contributed by atoms with Crippen LogP contribution in [0.5, 0.6) is 0 Å². The van der Waals surface area contributed by atoms with Crippen LogP contribution in [-0.4, -0.2) is 51.4 Å². The van der Waals surface area contributed by atoms with Gasteiger partial charge in [-0.2, -0.15) is 0 Å². The summed E-state index contributed by atoms with van der Waals surface area (Å²) in [6.45, 7) is 13.4. The summed E-state index contributed by atoms with van der Waals surface area (Å²) in [4.78, 5) is 14.5. The summed E-state index contributed by atoms with van der Waals surface area (Å²) in [5, 5.41) is 19.2. The molecule has 2 atom stereocenters. The molecule has 7 heteroatoms. The van der Waals surface area contributed by atoms with Gasteiger partial charge in [0.2, 0.25) is 0 Å². The van der Waals surface area contributed by atoms with Crippen molar-refractivity contribution in [1.82, 2.24) is 0 Å². The Morgan fingerprint density at radius 1 is 1.48 bits per heavy atom. The molecule has 0 spiro atoms. The Kier molecular flexibility index (Phi) is 10.7. The lowest BCUT2D eigenvalue weighted by molar-refractivity contribution is -0.741. The van der Waals surface area contributed by atoms with Crippen LogP contribution < -0.4 is 10.0 Å². The van der Waals surface area contributed by atoms with Crippen molar-refractivity contribution >= 4 is 20.4 Å². The van der Waals surface area contributed by atoms with Gasteiger partial charge in [0.05, 0.1) is 18.8 Å². The number of carboxylic acid groups (broad SMARTS) is 1. The third kappa shape index (κ3) is 14.1. The highest BCUT2D eigenvalue weighted by Gasteiger charge is 2.15. The Labute approximate surface area is 140 Å². The highest BCUT2D eigenvalue weighted by molar-refractivity contribution is 6.76. The van der Waals surface area contributed by atoms with Crippen LogP contribution in [0, 0.1) is 0 Å². The van der Waals surface area contributed by atoms with E-state index in [-0.39, 0.29) is 5.57 Å². The first-order valence-electron chi connectivity index (χ1n) is 7.80. The van der Waals surface area contributed by atoms with Gasteiger partial charge >= 0.3 is 0 Å². The Hall–Kier alpha value is -1.28. The Morgan fingerprint density at radius 3 is 2.52 bits per heavy atom. The molecule has 2 unspecified atom stereocenters. The van der Waals surface area contributed by atoms with E-state index >= 15 is 0 Å². The van der Waals surface area contributed by atoms with Crippen molar-refractivity contribution in [1.29, 1.82) is 0 Å². The smallest absolute Gasteiger partial charge is 0.193 e. The van der Waals surface area contributed by atoms with Gasteiger partial charge in [0.1, 0.15) is 18.8 Å². The fraction of sp³-hybridized carbons (Fsp3) is 0.625. The lowest BCUT2D eigenvalue weighted by Gasteiger charge is -2.16. The maximum absolute atomic E-state index is 9.74. The first-order valence-corrected chi connectivity index (χ1v) is 11.5. The SMILES string of the molecule is C=C(C)C(=O)[O-].C[Si](C)(C)CCCOCC(O)C[NH+]1C=CN=C1. The molecular formula is C16H30N2O4Si. The molecule has 132 valence electrons. The molecule has 1 heterocycles.